The van der Waals surface area contributed by atoms with Gasteiger partial charge in [-0.05, 0) is 29.8 Å². The number of hydrogen-bond acceptors (Lipinski definition) is 3. The van der Waals surface area contributed by atoms with Gasteiger partial charge in [0.1, 0.15) is 17.2 Å². The van der Waals surface area contributed by atoms with Crippen molar-refractivity contribution < 1.29 is 14.9 Å². The van der Waals surface area contributed by atoms with E-state index in [9.17, 15) is 10.2 Å². The molecule has 0 saturated carbocycles. The molecule has 0 aliphatic carbocycles. The lowest BCUT2D eigenvalue weighted by atomic mass is 10.0. The number of hydrogen-bond donors (Lipinski definition) is 2. The Balaban J connectivity index is 2.44. The monoisotopic (exact) mass is 216 g/mol. The van der Waals surface area contributed by atoms with Crippen molar-refractivity contribution >= 4 is 0 Å². The van der Waals surface area contributed by atoms with Gasteiger partial charge in [-0.3, -0.25) is 0 Å². The number of benzene rings is 2. The zero-order chi connectivity index (χ0) is 11.5. The Labute approximate surface area is 93.6 Å². The Hall–Kier alpha value is -2.16. The third-order valence-corrected chi connectivity index (χ3v) is 2.38. The van der Waals surface area contributed by atoms with Gasteiger partial charge in [0.25, 0.3) is 0 Å². The molecule has 0 atom stereocenters. The van der Waals surface area contributed by atoms with Gasteiger partial charge < -0.3 is 14.9 Å². The van der Waals surface area contributed by atoms with E-state index in [1.54, 1.807) is 49.6 Å². The summed E-state index contributed by atoms with van der Waals surface area (Å²) in [5.74, 6) is 0.974. The standard InChI is InChI=1S/C13H12O3/c1-16-11-6-7-12(13(15)8-11)9-2-4-10(14)5-3-9/h2-8,14-15H,1H3. The van der Waals surface area contributed by atoms with Crippen molar-refractivity contribution in [1.29, 1.82) is 0 Å². The van der Waals surface area contributed by atoms with Crippen molar-refractivity contribution in [3.05, 3.63) is 42.5 Å². The second kappa shape index (κ2) is 4.14. The summed E-state index contributed by atoms with van der Waals surface area (Å²) < 4.78 is 5.00. The first-order chi connectivity index (χ1) is 7.70. The lowest BCUT2D eigenvalue weighted by molar-refractivity contribution is 0.408. The van der Waals surface area contributed by atoms with Crippen molar-refractivity contribution in [2.75, 3.05) is 7.11 Å². The van der Waals surface area contributed by atoms with Crippen LogP contribution in [-0.2, 0) is 0 Å². The molecule has 0 aliphatic heterocycles. The van der Waals surface area contributed by atoms with Crippen molar-refractivity contribution in [3.8, 4) is 28.4 Å². The second-order valence-electron chi connectivity index (χ2n) is 3.43. The van der Waals surface area contributed by atoms with Gasteiger partial charge in [-0.15, -0.1) is 0 Å². The summed E-state index contributed by atoms with van der Waals surface area (Å²) in [6.07, 6.45) is 0. The van der Waals surface area contributed by atoms with Crippen LogP contribution in [0.2, 0.25) is 0 Å². The van der Waals surface area contributed by atoms with E-state index < -0.39 is 0 Å². The number of phenols is 2. The van der Waals surface area contributed by atoms with Crippen LogP contribution in [0, 0.1) is 0 Å². The topological polar surface area (TPSA) is 49.7 Å². The molecule has 2 aromatic carbocycles. The molecule has 0 heterocycles. The molecule has 2 aromatic rings. The highest BCUT2D eigenvalue weighted by molar-refractivity contribution is 5.71. The quantitative estimate of drug-likeness (QED) is 0.811. The Kier molecular flexibility index (Phi) is 2.68. The molecular formula is C13H12O3. The van der Waals surface area contributed by atoms with E-state index in [0.29, 0.717) is 11.3 Å². The highest BCUT2D eigenvalue weighted by Gasteiger charge is 2.05. The highest BCUT2D eigenvalue weighted by atomic mass is 16.5. The largest absolute Gasteiger partial charge is 0.508 e. The number of methoxy groups -OCH3 is 1. The number of rotatable bonds is 2. The minimum absolute atomic E-state index is 0.157. The molecule has 82 valence electrons. The molecule has 3 heteroatoms. The first-order valence-corrected chi connectivity index (χ1v) is 4.87. The lowest BCUT2D eigenvalue weighted by Crippen LogP contribution is -1.84. The first kappa shape index (κ1) is 10.4. The SMILES string of the molecule is COc1ccc(-c2ccc(O)cc2)c(O)c1. The molecule has 16 heavy (non-hydrogen) atoms. The maximum atomic E-state index is 9.80. The van der Waals surface area contributed by atoms with E-state index in [0.717, 1.165) is 5.56 Å². The number of ether oxygens (including phenoxy) is 1. The summed E-state index contributed by atoms with van der Waals surface area (Å²) in [5.41, 5.74) is 1.55. The minimum atomic E-state index is 0.157. The van der Waals surface area contributed by atoms with Gasteiger partial charge >= 0.3 is 0 Å². The van der Waals surface area contributed by atoms with Crippen molar-refractivity contribution in [2.45, 2.75) is 0 Å². The first-order valence-electron chi connectivity index (χ1n) is 4.87. The van der Waals surface area contributed by atoms with Crippen LogP contribution in [0.5, 0.6) is 17.2 Å². The van der Waals surface area contributed by atoms with Gasteiger partial charge in [-0.25, -0.2) is 0 Å². The molecule has 0 saturated heterocycles. The van der Waals surface area contributed by atoms with Crippen LogP contribution >= 0.6 is 0 Å². The van der Waals surface area contributed by atoms with E-state index >= 15 is 0 Å². The molecule has 0 fully saturated rings. The van der Waals surface area contributed by atoms with Gasteiger partial charge in [-0.1, -0.05) is 12.1 Å². The van der Waals surface area contributed by atoms with E-state index in [2.05, 4.69) is 0 Å². The lowest BCUT2D eigenvalue weighted by Gasteiger charge is -2.07. The summed E-state index contributed by atoms with van der Waals surface area (Å²) >= 11 is 0. The Bertz CT molecular complexity index is 489. The zero-order valence-corrected chi connectivity index (χ0v) is 8.84. The fourth-order valence-electron chi connectivity index (χ4n) is 1.52. The van der Waals surface area contributed by atoms with Crippen molar-refractivity contribution in [3.63, 3.8) is 0 Å². The predicted molar refractivity (Wildman–Crippen MR) is 61.8 cm³/mol. The summed E-state index contributed by atoms with van der Waals surface area (Å²) in [7, 11) is 1.55. The maximum absolute atomic E-state index is 9.80. The van der Waals surface area contributed by atoms with Crippen LogP contribution < -0.4 is 4.74 Å². The number of aromatic hydroxyl groups is 2. The Morgan fingerprint density at radius 1 is 0.938 bits per heavy atom. The average molecular weight is 216 g/mol. The molecule has 0 bridgehead atoms. The van der Waals surface area contributed by atoms with Crippen LogP contribution in [0.3, 0.4) is 0 Å². The van der Waals surface area contributed by atoms with E-state index in [1.165, 1.54) is 0 Å². The van der Waals surface area contributed by atoms with Gasteiger partial charge in [0.05, 0.1) is 7.11 Å². The molecule has 0 aliphatic rings. The van der Waals surface area contributed by atoms with Gasteiger partial charge in [-0.2, -0.15) is 0 Å². The summed E-state index contributed by atoms with van der Waals surface area (Å²) in [6.45, 7) is 0. The number of phenolic OH excluding ortho intramolecular Hbond substituents is 2. The maximum Gasteiger partial charge on any atom is 0.127 e. The molecule has 2 N–H and O–H groups in total. The Morgan fingerprint density at radius 3 is 2.19 bits per heavy atom. The molecule has 3 nitrogen and oxygen atoms in total. The van der Waals surface area contributed by atoms with Crippen LogP contribution in [0.25, 0.3) is 11.1 Å². The fourth-order valence-corrected chi connectivity index (χ4v) is 1.52. The molecular weight excluding hydrogens is 204 g/mol. The third kappa shape index (κ3) is 1.93. The molecule has 0 unspecified atom stereocenters. The molecule has 0 aromatic heterocycles. The molecule has 0 radical (unpaired) electrons. The van der Waals surface area contributed by atoms with Crippen molar-refractivity contribution in [1.82, 2.24) is 0 Å². The smallest absolute Gasteiger partial charge is 0.127 e. The molecule has 0 spiro atoms. The van der Waals surface area contributed by atoms with Crippen LogP contribution in [-0.4, -0.2) is 17.3 Å². The third-order valence-electron chi connectivity index (χ3n) is 2.38. The van der Waals surface area contributed by atoms with Crippen molar-refractivity contribution in [2.24, 2.45) is 0 Å². The van der Waals surface area contributed by atoms with Gasteiger partial charge in [0.15, 0.2) is 0 Å². The van der Waals surface area contributed by atoms with Crippen LogP contribution in [0.4, 0.5) is 0 Å². The van der Waals surface area contributed by atoms with Gasteiger partial charge in [0, 0.05) is 11.6 Å². The zero-order valence-electron chi connectivity index (χ0n) is 8.84. The van der Waals surface area contributed by atoms with E-state index in [1.807, 2.05) is 0 Å². The minimum Gasteiger partial charge on any atom is -0.508 e. The summed E-state index contributed by atoms with van der Waals surface area (Å²) in [6, 6.07) is 11.8. The fraction of sp³-hybridized carbons (Fsp3) is 0.0769. The highest BCUT2D eigenvalue weighted by Crippen LogP contribution is 2.32. The second-order valence-corrected chi connectivity index (χ2v) is 3.43. The van der Waals surface area contributed by atoms with Crippen LogP contribution in [0.15, 0.2) is 42.5 Å². The van der Waals surface area contributed by atoms with E-state index in [-0.39, 0.29) is 11.5 Å². The van der Waals surface area contributed by atoms with Gasteiger partial charge in [0.2, 0.25) is 0 Å². The van der Waals surface area contributed by atoms with E-state index in [4.69, 9.17) is 4.74 Å². The normalized spacial score (nSPS) is 10.1. The average Bonchev–Trinajstić information content (AvgIpc) is 2.30. The van der Waals surface area contributed by atoms with Crippen LogP contribution in [0.1, 0.15) is 0 Å². The Morgan fingerprint density at radius 2 is 1.62 bits per heavy atom. The summed E-state index contributed by atoms with van der Waals surface area (Å²) in [5, 5.41) is 19.0. The molecule has 2 rings (SSSR count). The molecule has 0 amide bonds. The predicted octanol–water partition coefficient (Wildman–Crippen LogP) is 2.77. The summed E-state index contributed by atoms with van der Waals surface area (Å²) in [4.78, 5) is 0.